The highest BCUT2D eigenvalue weighted by atomic mass is 79.9. The Bertz CT molecular complexity index is 386. The van der Waals surface area contributed by atoms with Crippen molar-refractivity contribution in [2.24, 2.45) is 0 Å². The van der Waals surface area contributed by atoms with Crippen molar-refractivity contribution in [2.45, 2.75) is 44.7 Å². The molecule has 0 bridgehead atoms. The largest absolute Gasteiger partial charge is 0.383 e. The Morgan fingerprint density at radius 3 is 3.06 bits per heavy atom. The van der Waals surface area contributed by atoms with Crippen molar-refractivity contribution < 1.29 is 4.74 Å². The number of methoxy groups -OCH3 is 1. The monoisotopic (exact) mass is 315 g/mol. The van der Waals surface area contributed by atoms with Crippen molar-refractivity contribution in [1.82, 2.24) is 15.1 Å². The van der Waals surface area contributed by atoms with Crippen LogP contribution in [-0.4, -0.2) is 30.0 Å². The lowest BCUT2D eigenvalue weighted by Crippen LogP contribution is -2.39. The molecule has 1 aliphatic rings. The Morgan fingerprint density at radius 2 is 2.44 bits per heavy atom. The molecule has 0 aromatic carbocycles. The van der Waals surface area contributed by atoms with Crippen molar-refractivity contribution in [3.05, 3.63) is 16.4 Å². The van der Waals surface area contributed by atoms with E-state index in [0.29, 0.717) is 6.61 Å². The summed E-state index contributed by atoms with van der Waals surface area (Å²) in [6, 6.07) is 0. The molecule has 0 spiro atoms. The molecule has 1 aliphatic heterocycles. The number of rotatable bonds is 6. The number of aromatic nitrogens is 2. The molecule has 1 saturated heterocycles. The van der Waals surface area contributed by atoms with Crippen molar-refractivity contribution in [1.29, 1.82) is 0 Å². The number of ether oxygens (including phenoxy) is 1. The van der Waals surface area contributed by atoms with Crippen molar-refractivity contribution in [3.63, 3.8) is 0 Å². The summed E-state index contributed by atoms with van der Waals surface area (Å²) in [7, 11) is 1.73. The predicted molar refractivity (Wildman–Crippen MR) is 75.6 cm³/mol. The van der Waals surface area contributed by atoms with E-state index >= 15 is 0 Å². The van der Waals surface area contributed by atoms with Gasteiger partial charge in [-0.15, -0.1) is 0 Å². The Labute approximate surface area is 117 Å². The molecular weight excluding hydrogens is 294 g/mol. The van der Waals surface area contributed by atoms with Gasteiger partial charge in [-0.2, -0.15) is 5.10 Å². The minimum atomic E-state index is 0.0951. The Balaban J connectivity index is 2.31. The fourth-order valence-corrected chi connectivity index (χ4v) is 3.63. The van der Waals surface area contributed by atoms with Gasteiger partial charge in [0.15, 0.2) is 0 Å². The van der Waals surface area contributed by atoms with Crippen LogP contribution in [0.5, 0.6) is 0 Å². The van der Waals surface area contributed by atoms with Gasteiger partial charge in [0.25, 0.3) is 0 Å². The van der Waals surface area contributed by atoms with E-state index in [1.54, 1.807) is 7.11 Å². The van der Waals surface area contributed by atoms with Crippen molar-refractivity contribution >= 4 is 15.9 Å². The van der Waals surface area contributed by atoms with Crippen molar-refractivity contribution in [3.8, 4) is 0 Å². The van der Waals surface area contributed by atoms with Crippen LogP contribution in [0.15, 0.2) is 10.7 Å². The second-order valence-corrected chi connectivity index (χ2v) is 5.77. The second kappa shape index (κ2) is 6.17. The summed E-state index contributed by atoms with van der Waals surface area (Å²) >= 11 is 3.66. The Morgan fingerprint density at radius 1 is 1.61 bits per heavy atom. The molecule has 0 aliphatic carbocycles. The summed E-state index contributed by atoms with van der Waals surface area (Å²) in [5, 5.41) is 8.17. The summed E-state index contributed by atoms with van der Waals surface area (Å²) in [4.78, 5) is 0. The Kier molecular flexibility index (Phi) is 4.81. The molecule has 0 amide bonds. The van der Waals surface area contributed by atoms with Gasteiger partial charge in [-0.25, -0.2) is 0 Å². The van der Waals surface area contributed by atoms with Crippen LogP contribution >= 0.6 is 15.9 Å². The molecule has 1 fully saturated rings. The van der Waals surface area contributed by atoms with Gasteiger partial charge in [0, 0.05) is 7.11 Å². The summed E-state index contributed by atoms with van der Waals surface area (Å²) < 4.78 is 8.37. The van der Waals surface area contributed by atoms with Crippen LogP contribution in [0.25, 0.3) is 0 Å². The van der Waals surface area contributed by atoms with Crippen LogP contribution in [0.4, 0.5) is 0 Å². The minimum Gasteiger partial charge on any atom is -0.383 e. The molecule has 1 aromatic heterocycles. The van der Waals surface area contributed by atoms with Gasteiger partial charge in [-0.05, 0) is 41.7 Å². The van der Waals surface area contributed by atoms with Gasteiger partial charge in [0.05, 0.1) is 35.1 Å². The van der Waals surface area contributed by atoms with Crippen LogP contribution < -0.4 is 5.32 Å². The zero-order valence-electron chi connectivity index (χ0n) is 11.2. The Hall–Kier alpha value is -0.390. The first-order valence-corrected chi connectivity index (χ1v) is 7.48. The maximum absolute atomic E-state index is 5.17. The van der Waals surface area contributed by atoms with Crippen LogP contribution in [-0.2, 0) is 16.8 Å². The molecule has 18 heavy (non-hydrogen) atoms. The SMILES string of the molecule is CCCC1(c2c(Br)cnn2CCOC)CCCN1. The van der Waals surface area contributed by atoms with E-state index in [2.05, 4.69) is 38.0 Å². The highest BCUT2D eigenvalue weighted by molar-refractivity contribution is 9.10. The van der Waals surface area contributed by atoms with E-state index in [4.69, 9.17) is 4.74 Å². The summed E-state index contributed by atoms with van der Waals surface area (Å²) in [5.41, 5.74) is 1.39. The summed E-state index contributed by atoms with van der Waals surface area (Å²) in [6.07, 6.45) is 6.67. The number of nitrogens with one attached hydrogen (secondary N) is 1. The molecule has 2 heterocycles. The highest BCUT2D eigenvalue weighted by Crippen LogP contribution is 2.38. The number of hydrogen-bond acceptors (Lipinski definition) is 3. The summed E-state index contributed by atoms with van der Waals surface area (Å²) in [5.74, 6) is 0. The van der Waals surface area contributed by atoms with E-state index in [-0.39, 0.29) is 5.54 Å². The number of nitrogens with zero attached hydrogens (tertiary/aromatic N) is 2. The van der Waals surface area contributed by atoms with Crippen LogP contribution in [0, 0.1) is 0 Å². The highest BCUT2D eigenvalue weighted by Gasteiger charge is 2.38. The normalized spacial score (nSPS) is 23.7. The molecule has 2 rings (SSSR count). The zero-order valence-corrected chi connectivity index (χ0v) is 12.8. The van der Waals surface area contributed by atoms with E-state index in [1.165, 1.54) is 25.0 Å². The predicted octanol–water partition coefficient (Wildman–Crippen LogP) is 2.67. The maximum Gasteiger partial charge on any atom is 0.0728 e. The van der Waals surface area contributed by atoms with E-state index < -0.39 is 0 Å². The number of halogens is 1. The van der Waals surface area contributed by atoms with Gasteiger partial charge >= 0.3 is 0 Å². The third-order valence-electron chi connectivity index (χ3n) is 3.68. The third-order valence-corrected chi connectivity index (χ3v) is 4.26. The first kappa shape index (κ1) is 14.0. The van der Waals surface area contributed by atoms with Crippen LogP contribution in [0.2, 0.25) is 0 Å². The molecule has 1 unspecified atom stereocenters. The van der Waals surface area contributed by atoms with Crippen LogP contribution in [0.1, 0.15) is 38.3 Å². The molecular formula is C13H22BrN3O. The lowest BCUT2D eigenvalue weighted by molar-refractivity contribution is 0.178. The zero-order chi connectivity index (χ0) is 13.0. The van der Waals surface area contributed by atoms with E-state index in [1.807, 2.05) is 6.20 Å². The quantitative estimate of drug-likeness (QED) is 0.877. The molecule has 0 radical (unpaired) electrons. The summed E-state index contributed by atoms with van der Waals surface area (Å²) in [6.45, 7) is 4.85. The van der Waals surface area contributed by atoms with Gasteiger partial charge < -0.3 is 10.1 Å². The molecule has 1 aromatic rings. The van der Waals surface area contributed by atoms with E-state index in [9.17, 15) is 0 Å². The lowest BCUT2D eigenvalue weighted by atomic mass is 9.88. The molecule has 1 atom stereocenters. The second-order valence-electron chi connectivity index (χ2n) is 4.92. The molecule has 0 saturated carbocycles. The number of hydrogen-bond donors (Lipinski definition) is 1. The van der Waals surface area contributed by atoms with E-state index in [0.717, 1.165) is 24.0 Å². The average Bonchev–Trinajstić information content (AvgIpc) is 2.95. The van der Waals surface area contributed by atoms with Gasteiger partial charge in [0.2, 0.25) is 0 Å². The van der Waals surface area contributed by atoms with Gasteiger partial charge in [-0.3, -0.25) is 4.68 Å². The first-order chi connectivity index (χ1) is 8.73. The third kappa shape index (κ3) is 2.63. The van der Waals surface area contributed by atoms with Gasteiger partial charge in [0.1, 0.15) is 0 Å². The first-order valence-electron chi connectivity index (χ1n) is 6.69. The molecule has 4 nitrogen and oxygen atoms in total. The topological polar surface area (TPSA) is 39.1 Å². The molecule has 5 heteroatoms. The fraction of sp³-hybridized carbons (Fsp3) is 0.769. The smallest absolute Gasteiger partial charge is 0.0728 e. The average molecular weight is 316 g/mol. The molecule has 102 valence electrons. The minimum absolute atomic E-state index is 0.0951. The lowest BCUT2D eigenvalue weighted by Gasteiger charge is -2.30. The maximum atomic E-state index is 5.17. The van der Waals surface area contributed by atoms with Gasteiger partial charge in [-0.1, -0.05) is 13.3 Å². The fourth-order valence-electron chi connectivity index (χ4n) is 2.95. The standard InChI is InChI=1S/C13H22BrN3O/c1-3-5-13(6-4-7-15-13)12-11(14)10-16-17(12)8-9-18-2/h10,15H,3-9H2,1-2H3. The van der Waals surface area contributed by atoms with Crippen LogP contribution in [0.3, 0.4) is 0 Å². The van der Waals surface area contributed by atoms with Crippen molar-refractivity contribution in [2.75, 3.05) is 20.3 Å². The molecule has 1 N–H and O–H groups in total.